The second kappa shape index (κ2) is 12.1. The number of nitrogen functional groups attached to an aromatic ring is 1. The number of carbonyl (C=O) groups is 4. The number of thioether (sulfide) groups is 1. The van der Waals surface area contributed by atoms with Crippen LogP contribution in [0.1, 0.15) is 40.3 Å². The van der Waals surface area contributed by atoms with Crippen LogP contribution in [0.2, 0.25) is 0 Å². The number of oxime groups is 1. The van der Waals surface area contributed by atoms with Gasteiger partial charge in [0.25, 0.3) is 11.8 Å². The summed E-state index contributed by atoms with van der Waals surface area (Å²) in [4.78, 5) is 61.9. The lowest BCUT2D eigenvalue weighted by atomic mass is 9.97. The van der Waals surface area contributed by atoms with Crippen LogP contribution in [-0.4, -0.2) is 83.1 Å². The molecule has 0 radical (unpaired) electrons. The van der Waals surface area contributed by atoms with Gasteiger partial charge in [0.1, 0.15) is 29.4 Å². The molecule has 1 aromatic heterocycles. The van der Waals surface area contributed by atoms with E-state index in [9.17, 15) is 19.2 Å². The molecule has 2 amide bonds. The highest BCUT2D eigenvalue weighted by molar-refractivity contribution is 8.00. The van der Waals surface area contributed by atoms with Crippen molar-refractivity contribution in [2.45, 2.75) is 52.3 Å². The maximum atomic E-state index is 13.2. The quantitative estimate of drug-likeness (QED) is 0.137. The van der Waals surface area contributed by atoms with Crippen molar-refractivity contribution in [3.8, 4) is 0 Å². The molecule has 0 aliphatic carbocycles. The average molecular weight is 570 g/mol. The Kier molecular flexibility index (Phi) is 9.38. The molecule has 1 aromatic rings. The van der Waals surface area contributed by atoms with Crippen LogP contribution in [0.3, 0.4) is 0 Å². The number of esters is 2. The van der Waals surface area contributed by atoms with Crippen LogP contribution in [0.25, 0.3) is 0 Å². The number of methoxy groups -OCH3 is 1. The molecule has 3 N–H and O–H groups in total. The van der Waals surface area contributed by atoms with Gasteiger partial charge in [-0.2, -0.15) is 0 Å². The molecule has 208 valence electrons. The topological polar surface area (TPSA) is 172 Å². The van der Waals surface area contributed by atoms with Crippen molar-refractivity contribution in [1.82, 2.24) is 15.2 Å². The van der Waals surface area contributed by atoms with Gasteiger partial charge in [0.05, 0.1) is 12.0 Å². The third-order valence-corrected chi connectivity index (χ3v) is 7.28. The van der Waals surface area contributed by atoms with Crippen molar-refractivity contribution in [2.24, 2.45) is 10.6 Å². The van der Waals surface area contributed by atoms with Gasteiger partial charge >= 0.3 is 11.9 Å². The molecule has 0 spiro atoms. The average Bonchev–Trinajstić information content (AvgIpc) is 3.27. The highest BCUT2D eigenvalue weighted by atomic mass is 32.2. The third-order valence-electron chi connectivity index (χ3n) is 5.27. The number of hydrogen-bond acceptors (Lipinski definition) is 13. The van der Waals surface area contributed by atoms with Crippen LogP contribution in [-0.2, 0) is 38.2 Å². The van der Waals surface area contributed by atoms with Crippen LogP contribution in [0, 0.1) is 5.41 Å². The highest BCUT2D eigenvalue weighted by Gasteiger charge is 2.55. The molecule has 2 aliphatic heterocycles. The second-order valence-electron chi connectivity index (χ2n) is 9.30. The van der Waals surface area contributed by atoms with E-state index in [4.69, 9.17) is 24.8 Å². The Hall–Kier alpha value is -3.17. The number of nitrogens with zero attached hydrogens (tertiary/aromatic N) is 3. The van der Waals surface area contributed by atoms with Crippen LogP contribution in [0.4, 0.5) is 5.13 Å². The van der Waals surface area contributed by atoms with Gasteiger partial charge in [0.2, 0.25) is 6.29 Å². The zero-order valence-electron chi connectivity index (χ0n) is 21.9. The monoisotopic (exact) mass is 569 g/mol. The van der Waals surface area contributed by atoms with Crippen molar-refractivity contribution in [1.29, 1.82) is 0 Å². The normalized spacial score (nSPS) is 20.3. The Morgan fingerprint density at radius 2 is 2.03 bits per heavy atom. The number of nitrogens with two attached hydrogens (primary N) is 1. The minimum Gasteiger partial charge on any atom is -0.425 e. The molecule has 38 heavy (non-hydrogen) atoms. The predicted octanol–water partition coefficient (Wildman–Crippen LogP) is 1.24. The number of carbonyl (C=O) groups excluding carboxylic acids is 4. The van der Waals surface area contributed by atoms with Crippen molar-refractivity contribution in [2.75, 3.05) is 31.8 Å². The fourth-order valence-corrected chi connectivity index (χ4v) is 5.33. The molecule has 0 bridgehead atoms. The van der Waals surface area contributed by atoms with E-state index in [1.54, 1.807) is 33.1 Å². The third kappa shape index (κ3) is 6.45. The standard InChI is InChI=1S/C23H31N5O8S2/c1-7-34-27-14(13-10-38-22(24)25-13)17(29)26-15-18(30)28-16(12(8-33-6)9-37-19(15)28)20(31)35-11(2)36-21(32)23(3,4)5/h10-11,15,19H,7-9H2,1-6H3,(H2,24,25)(H,26,29)/t11?,15?,19-/m1/s1. The lowest BCUT2D eigenvalue weighted by Crippen LogP contribution is -2.71. The number of β-lactam (4-membered cyclic amide) rings is 1. The van der Waals surface area contributed by atoms with Gasteiger partial charge in [0.15, 0.2) is 10.8 Å². The minimum absolute atomic E-state index is 0.000221. The van der Waals surface area contributed by atoms with E-state index >= 15 is 0 Å². The van der Waals surface area contributed by atoms with E-state index in [0.717, 1.165) is 11.3 Å². The molecule has 0 saturated carbocycles. The Morgan fingerprint density at radius 3 is 2.61 bits per heavy atom. The first-order chi connectivity index (χ1) is 17.9. The van der Waals surface area contributed by atoms with Crippen LogP contribution in [0.15, 0.2) is 21.8 Å². The van der Waals surface area contributed by atoms with E-state index in [-0.39, 0.29) is 35.4 Å². The summed E-state index contributed by atoms with van der Waals surface area (Å²) >= 11 is 2.48. The molecule has 3 heterocycles. The SMILES string of the molecule is CCON=C(C(=O)NC1C(=O)N2C(C(=O)OC(C)OC(=O)C(C)(C)C)=C(COC)CS[C@H]12)c1csc(N)n1. The Bertz CT molecular complexity index is 1160. The van der Waals surface area contributed by atoms with E-state index in [0.29, 0.717) is 11.3 Å². The van der Waals surface area contributed by atoms with Gasteiger partial charge in [-0.25, -0.2) is 9.78 Å². The number of aromatic nitrogens is 1. The number of anilines is 1. The van der Waals surface area contributed by atoms with E-state index < -0.39 is 46.9 Å². The lowest BCUT2D eigenvalue weighted by Gasteiger charge is -2.49. The summed E-state index contributed by atoms with van der Waals surface area (Å²) in [5, 5.41) is 7.71. The zero-order chi connectivity index (χ0) is 28.2. The fraction of sp³-hybridized carbons (Fsp3) is 0.565. The number of ether oxygens (including phenoxy) is 3. The summed E-state index contributed by atoms with van der Waals surface area (Å²) in [6, 6.07) is -0.946. The van der Waals surface area contributed by atoms with Crippen LogP contribution < -0.4 is 11.1 Å². The second-order valence-corrected chi connectivity index (χ2v) is 11.3. The molecule has 3 rings (SSSR count). The van der Waals surface area contributed by atoms with Crippen LogP contribution in [0.5, 0.6) is 0 Å². The molecule has 2 unspecified atom stereocenters. The fourth-order valence-electron chi connectivity index (χ4n) is 3.45. The van der Waals surface area contributed by atoms with E-state index in [2.05, 4.69) is 15.5 Å². The van der Waals surface area contributed by atoms with E-state index in [1.807, 2.05) is 0 Å². The first kappa shape index (κ1) is 29.4. The Balaban J connectivity index is 1.77. The van der Waals surface area contributed by atoms with Gasteiger partial charge in [-0.05, 0) is 33.3 Å². The number of thiazole rings is 1. The molecule has 0 aromatic carbocycles. The summed E-state index contributed by atoms with van der Waals surface area (Å²) < 4.78 is 15.8. The Labute approximate surface area is 228 Å². The number of amides is 2. The predicted molar refractivity (Wildman–Crippen MR) is 140 cm³/mol. The summed E-state index contributed by atoms with van der Waals surface area (Å²) in [7, 11) is 1.46. The van der Waals surface area contributed by atoms with Gasteiger partial charge in [-0.15, -0.1) is 23.1 Å². The van der Waals surface area contributed by atoms with Crippen molar-refractivity contribution >= 4 is 57.7 Å². The largest absolute Gasteiger partial charge is 0.425 e. The summed E-state index contributed by atoms with van der Waals surface area (Å²) in [6.45, 7) is 8.44. The first-order valence-electron chi connectivity index (χ1n) is 11.7. The number of nitrogens with one attached hydrogen (secondary N) is 1. The Morgan fingerprint density at radius 1 is 1.32 bits per heavy atom. The van der Waals surface area contributed by atoms with Gasteiger partial charge in [-0.3, -0.25) is 19.3 Å². The van der Waals surface area contributed by atoms with Gasteiger partial charge < -0.3 is 30.1 Å². The van der Waals surface area contributed by atoms with Gasteiger partial charge in [0, 0.05) is 25.2 Å². The number of hydrogen-bond donors (Lipinski definition) is 2. The summed E-state index contributed by atoms with van der Waals surface area (Å²) in [5.74, 6) is -2.25. The number of fused-ring (bicyclic) bond motifs is 1. The lowest BCUT2D eigenvalue weighted by molar-refractivity contribution is -0.190. The molecule has 13 nitrogen and oxygen atoms in total. The molecule has 3 atom stereocenters. The summed E-state index contributed by atoms with van der Waals surface area (Å²) in [5.41, 5.74) is 5.51. The maximum absolute atomic E-state index is 13.2. The van der Waals surface area contributed by atoms with Crippen LogP contribution >= 0.6 is 23.1 Å². The van der Waals surface area contributed by atoms with Crippen molar-refractivity contribution in [3.63, 3.8) is 0 Å². The maximum Gasteiger partial charge on any atom is 0.358 e. The first-order valence-corrected chi connectivity index (χ1v) is 13.6. The van der Waals surface area contributed by atoms with Crippen molar-refractivity contribution in [3.05, 3.63) is 22.3 Å². The molecule has 1 fully saturated rings. The molecule has 15 heteroatoms. The van der Waals surface area contributed by atoms with Gasteiger partial charge in [-0.1, -0.05) is 5.16 Å². The van der Waals surface area contributed by atoms with E-state index in [1.165, 1.54) is 30.7 Å². The molecular formula is C23H31N5O8S2. The number of rotatable bonds is 10. The molecule has 1 saturated heterocycles. The summed E-state index contributed by atoms with van der Waals surface area (Å²) in [6.07, 6.45) is -1.19. The molecular weight excluding hydrogens is 538 g/mol. The zero-order valence-corrected chi connectivity index (χ0v) is 23.6. The van der Waals surface area contributed by atoms with Crippen molar-refractivity contribution < 1.29 is 38.2 Å². The molecule has 2 aliphatic rings. The highest BCUT2D eigenvalue weighted by Crippen LogP contribution is 2.41. The smallest absolute Gasteiger partial charge is 0.358 e. The minimum atomic E-state index is -1.19.